The first-order valence-corrected chi connectivity index (χ1v) is 5.13. The van der Waals surface area contributed by atoms with Gasteiger partial charge in [0.1, 0.15) is 0 Å². The van der Waals surface area contributed by atoms with Crippen LogP contribution < -0.4 is 0 Å². The van der Waals surface area contributed by atoms with Crippen LogP contribution in [-0.2, 0) is 16.1 Å². The summed E-state index contributed by atoms with van der Waals surface area (Å²) in [5.41, 5.74) is 1.17. The first-order valence-electron chi connectivity index (χ1n) is 5.13. The molecule has 1 fully saturated rings. The topological polar surface area (TPSA) is 29.5 Å². The molecule has 1 aliphatic heterocycles. The van der Waals surface area contributed by atoms with Gasteiger partial charge in [0.2, 0.25) is 5.91 Å². The number of rotatable bonds is 4. The molecule has 0 aromatic heterocycles. The Morgan fingerprint density at radius 1 is 1.40 bits per heavy atom. The highest BCUT2D eigenvalue weighted by molar-refractivity contribution is 5.83. The summed E-state index contributed by atoms with van der Waals surface area (Å²) in [6.45, 7) is 1.34. The molecule has 0 unspecified atom stereocenters. The van der Waals surface area contributed by atoms with Crippen molar-refractivity contribution in [3.05, 3.63) is 35.9 Å². The van der Waals surface area contributed by atoms with E-state index in [2.05, 4.69) is 0 Å². The Morgan fingerprint density at radius 2 is 2.13 bits per heavy atom. The number of ether oxygens (including phenoxy) is 1. The van der Waals surface area contributed by atoms with Crippen LogP contribution in [0.3, 0.4) is 0 Å². The molecule has 1 heterocycles. The molecule has 2 rings (SSSR count). The van der Waals surface area contributed by atoms with Crippen molar-refractivity contribution in [2.75, 3.05) is 13.7 Å². The molecule has 1 amide bonds. The molecule has 3 heteroatoms. The lowest BCUT2D eigenvalue weighted by Crippen LogP contribution is -2.53. The summed E-state index contributed by atoms with van der Waals surface area (Å²) < 4.78 is 5.07. The summed E-state index contributed by atoms with van der Waals surface area (Å²) in [5.74, 6) is 0.223. The van der Waals surface area contributed by atoms with E-state index in [-0.39, 0.29) is 11.9 Å². The lowest BCUT2D eigenvalue weighted by Gasteiger charge is -2.40. The van der Waals surface area contributed by atoms with Crippen LogP contribution in [0, 0.1) is 0 Å². The van der Waals surface area contributed by atoms with Crippen LogP contribution >= 0.6 is 0 Å². The van der Waals surface area contributed by atoms with Gasteiger partial charge in [-0.05, 0) is 5.56 Å². The third-order valence-electron chi connectivity index (χ3n) is 2.73. The van der Waals surface area contributed by atoms with Crippen LogP contribution in [0.1, 0.15) is 12.0 Å². The number of nitrogens with zero attached hydrogens (tertiary/aromatic N) is 1. The second kappa shape index (κ2) is 4.45. The minimum atomic E-state index is 0.223. The second-order valence-corrected chi connectivity index (χ2v) is 3.82. The van der Waals surface area contributed by atoms with E-state index in [0.717, 1.165) is 0 Å². The van der Waals surface area contributed by atoms with E-state index in [1.165, 1.54) is 5.56 Å². The molecule has 1 aliphatic rings. The zero-order valence-electron chi connectivity index (χ0n) is 8.85. The quantitative estimate of drug-likeness (QED) is 0.696. The van der Waals surface area contributed by atoms with E-state index in [1.54, 1.807) is 7.11 Å². The molecular formula is C12H15NO2. The van der Waals surface area contributed by atoms with Crippen molar-refractivity contribution >= 4 is 5.91 Å². The highest BCUT2D eigenvalue weighted by Crippen LogP contribution is 2.22. The largest absolute Gasteiger partial charge is 0.383 e. The molecule has 0 aliphatic carbocycles. The fraction of sp³-hybridized carbons (Fsp3) is 0.417. The van der Waals surface area contributed by atoms with Gasteiger partial charge in [0.05, 0.1) is 12.6 Å². The number of likely N-dealkylation sites (tertiary alicyclic amines) is 1. The minimum absolute atomic E-state index is 0.223. The lowest BCUT2D eigenvalue weighted by molar-refractivity contribution is -0.149. The van der Waals surface area contributed by atoms with Crippen molar-refractivity contribution in [1.29, 1.82) is 0 Å². The number of methoxy groups -OCH3 is 1. The Morgan fingerprint density at radius 3 is 2.73 bits per heavy atom. The summed E-state index contributed by atoms with van der Waals surface area (Å²) in [6, 6.07) is 10.3. The molecular weight excluding hydrogens is 190 g/mol. The molecule has 80 valence electrons. The Hall–Kier alpha value is -1.35. The number of β-lactam (4-membered cyclic amide) rings is 1. The van der Waals surface area contributed by atoms with Crippen molar-refractivity contribution in [3.8, 4) is 0 Å². The first kappa shape index (κ1) is 10.2. The van der Waals surface area contributed by atoms with Gasteiger partial charge >= 0.3 is 0 Å². The van der Waals surface area contributed by atoms with Crippen molar-refractivity contribution in [2.24, 2.45) is 0 Å². The van der Waals surface area contributed by atoms with Gasteiger partial charge in [-0.3, -0.25) is 4.79 Å². The molecule has 1 atom stereocenters. The van der Waals surface area contributed by atoms with E-state index in [4.69, 9.17) is 4.74 Å². The number of benzene rings is 1. The van der Waals surface area contributed by atoms with Crippen LogP contribution in [0.2, 0.25) is 0 Å². The number of amides is 1. The molecule has 1 aromatic carbocycles. The maximum absolute atomic E-state index is 11.4. The summed E-state index contributed by atoms with van der Waals surface area (Å²) in [6.07, 6.45) is 0.626. The number of hydrogen-bond donors (Lipinski definition) is 0. The normalized spacial score (nSPS) is 20.2. The maximum atomic E-state index is 11.4. The van der Waals surface area contributed by atoms with Gasteiger partial charge in [-0.15, -0.1) is 0 Å². The minimum Gasteiger partial charge on any atom is -0.383 e. The number of carbonyl (C=O) groups is 1. The molecule has 0 bridgehead atoms. The van der Waals surface area contributed by atoms with Crippen LogP contribution in [0.15, 0.2) is 30.3 Å². The molecule has 0 spiro atoms. The van der Waals surface area contributed by atoms with Crippen molar-refractivity contribution in [3.63, 3.8) is 0 Å². The third kappa shape index (κ3) is 2.18. The van der Waals surface area contributed by atoms with Crippen LogP contribution in [0.5, 0.6) is 0 Å². The van der Waals surface area contributed by atoms with Gasteiger partial charge in [-0.2, -0.15) is 0 Å². The SMILES string of the molecule is COC[C@@H]1CC(=O)N1Cc1ccccc1. The van der Waals surface area contributed by atoms with Gasteiger partial charge in [0.25, 0.3) is 0 Å². The van der Waals surface area contributed by atoms with Gasteiger partial charge in [0, 0.05) is 20.1 Å². The standard InChI is InChI=1S/C12H15NO2/c1-15-9-11-7-12(14)13(11)8-10-5-3-2-4-6-10/h2-6,11H,7-9H2,1H3/t11-/m0/s1. The monoisotopic (exact) mass is 205 g/mol. The molecule has 1 saturated heterocycles. The van der Waals surface area contributed by atoms with Crippen molar-refractivity contribution in [2.45, 2.75) is 19.0 Å². The average Bonchev–Trinajstić information content (AvgIpc) is 2.27. The number of carbonyl (C=O) groups excluding carboxylic acids is 1. The molecule has 15 heavy (non-hydrogen) atoms. The Balaban J connectivity index is 1.96. The summed E-state index contributed by atoms with van der Waals surface area (Å²) in [5, 5.41) is 0. The molecule has 0 saturated carbocycles. The lowest BCUT2D eigenvalue weighted by atomic mass is 10.0. The average molecular weight is 205 g/mol. The highest BCUT2D eigenvalue weighted by Gasteiger charge is 2.35. The van der Waals surface area contributed by atoms with E-state index in [0.29, 0.717) is 19.6 Å². The second-order valence-electron chi connectivity index (χ2n) is 3.82. The van der Waals surface area contributed by atoms with Crippen molar-refractivity contribution in [1.82, 2.24) is 4.90 Å². The molecule has 0 radical (unpaired) electrons. The number of hydrogen-bond acceptors (Lipinski definition) is 2. The predicted molar refractivity (Wildman–Crippen MR) is 57.3 cm³/mol. The predicted octanol–water partition coefficient (Wildman–Crippen LogP) is 1.43. The van der Waals surface area contributed by atoms with Gasteiger partial charge in [0.15, 0.2) is 0 Å². The van der Waals surface area contributed by atoms with Gasteiger partial charge in [-0.1, -0.05) is 30.3 Å². The maximum Gasteiger partial charge on any atom is 0.225 e. The Bertz CT molecular complexity index is 337. The summed E-state index contributed by atoms with van der Waals surface area (Å²) in [7, 11) is 1.67. The van der Waals surface area contributed by atoms with E-state index >= 15 is 0 Å². The van der Waals surface area contributed by atoms with E-state index in [9.17, 15) is 4.79 Å². The zero-order chi connectivity index (χ0) is 10.7. The molecule has 1 aromatic rings. The van der Waals surface area contributed by atoms with Gasteiger partial charge < -0.3 is 9.64 Å². The third-order valence-corrected chi connectivity index (χ3v) is 2.73. The van der Waals surface area contributed by atoms with Crippen molar-refractivity contribution < 1.29 is 9.53 Å². The molecule has 3 nitrogen and oxygen atoms in total. The Kier molecular flexibility index (Phi) is 3.02. The molecule has 0 N–H and O–H groups in total. The summed E-state index contributed by atoms with van der Waals surface area (Å²) in [4.78, 5) is 13.3. The fourth-order valence-electron chi connectivity index (χ4n) is 1.86. The Labute approximate surface area is 89.7 Å². The van der Waals surface area contributed by atoms with Crippen LogP contribution in [-0.4, -0.2) is 30.6 Å². The fourth-order valence-corrected chi connectivity index (χ4v) is 1.86. The summed E-state index contributed by atoms with van der Waals surface area (Å²) >= 11 is 0. The first-order chi connectivity index (χ1) is 7.31. The van der Waals surface area contributed by atoms with Crippen LogP contribution in [0.4, 0.5) is 0 Å². The smallest absolute Gasteiger partial charge is 0.225 e. The zero-order valence-corrected chi connectivity index (χ0v) is 8.85. The van der Waals surface area contributed by atoms with Gasteiger partial charge in [-0.25, -0.2) is 0 Å². The van der Waals surface area contributed by atoms with E-state index in [1.807, 2.05) is 35.2 Å². The highest BCUT2D eigenvalue weighted by atomic mass is 16.5. The van der Waals surface area contributed by atoms with E-state index < -0.39 is 0 Å². The van der Waals surface area contributed by atoms with Crippen LogP contribution in [0.25, 0.3) is 0 Å².